The molecule has 2 N–H and O–H groups in total. The first-order valence-corrected chi connectivity index (χ1v) is 13.6. The van der Waals surface area contributed by atoms with E-state index in [9.17, 15) is 18.0 Å². The first kappa shape index (κ1) is 24.9. The molecule has 0 unspecified atom stereocenters. The van der Waals surface area contributed by atoms with Crippen LogP contribution in [0.1, 0.15) is 5.56 Å². The monoisotopic (exact) mass is 524 g/mol. The minimum absolute atomic E-state index is 0.213. The quantitative estimate of drug-likeness (QED) is 0.240. The lowest BCUT2D eigenvalue weighted by Crippen LogP contribution is -2.18. The summed E-state index contributed by atoms with van der Waals surface area (Å²) in [5, 5.41) is 4.35. The van der Waals surface area contributed by atoms with E-state index in [2.05, 4.69) is 21.6 Å². The SMILES string of the molecule is C=CC(=O)Nc1cc(C)cc(-n2c(=O)ccc3cnc4cc(-c5ccc(NS(C)(=O)=O)cc5)ccc4c32)c1. The minimum atomic E-state index is -3.36. The van der Waals surface area contributed by atoms with Crippen molar-refractivity contribution in [2.75, 3.05) is 16.3 Å². The molecule has 5 rings (SSSR count). The zero-order valence-electron chi connectivity index (χ0n) is 20.7. The summed E-state index contributed by atoms with van der Waals surface area (Å²) in [7, 11) is -3.36. The highest BCUT2D eigenvalue weighted by Crippen LogP contribution is 2.30. The Morgan fingerprint density at radius 1 is 0.947 bits per heavy atom. The van der Waals surface area contributed by atoms with Crippen LogP contribution < -0.4 is 15.6 Å². The molecule has 3 aromatic carbocycles. The van der Waals surface area contributed by atoms with Gasteiger partial charge in [-0.15, -0.1) is 0 Å². The number of nitrogens with one attached hydrogen (secondary N) is 2. The largest absolute Gasteiger partial charge is 0.322 e. The number of hydrogen-bond acceptors (Lipinski definition) is 5. The molecule has 0 atom stereocenters. The van der Waals surface area contributed by atoms with Crippen LogP contribution in [0, 0.1) is 6.92 Å². The number of hydrogen-bond donors (Lipinski definition) is 2. The molecule has 0 saturated carbocycles. The molecule has 9 heteroatoms. The highest BCUT2D eigenvalue weighted by atomic mass is 32.2. The fraction of sp³-hybridized carbons (Fsp3) is 0.0690. The molecular weight excluding hydrogens is 500 g/mol. The van der Waals surface area contributed by atoms with Crippen molar-refractivity contribution in [3.05, 3.63) is 108 Å². The first-order valence-electron chi connectivity index (χ1n) is 11.7. The average Bonchev–Trinajstić information content (AvgIpc) is 2.87. The summed E-state index contributed by atoms with van der Waals surface area (Å²) >= 11 is 0. The fourth-order valence-electron chi connectivity index (χ4n) is 4.45. The molecule has 190 valence electrons. The summed E-state index contributed by atoms with van der Waals surface area (Å²) in [6, 6.07) is 21.6. The van der Waals surface area contributed by atoms with Crippen molar-refractivity contribution in [2.45, 2.75) is 6.92 Å². The van der Waals surface area contributed by atoms with Crippen LogP contribution in [0.15, 0.2) is 96.4 Å². The third-order valence-corrected chi connectivity index (χ3v) is 6.62. The third-order valence-electron chi connectivity index (χ3n) is 6.01. The van der Waals surface area contributed by atoms with E-state index in [4.69, 9.17) is 0 Å². The summed E-state index contributed by atoms with van der Waals surface area (Å²) < 4.78 is 27.1. The third kappa shape index (κ3) is 5.05. The smallest absolute Gasteiger partial charge is 0.255 e. The van der Waals surface area contributed by atoms with Crippen molar-refractivity contribution in [2.24, 2.45) is 0 Å². The number of rotatable bonds is 6. The number of aryl methyl sites for hydroxylation is 1. The molecule has 8 nitrogen and oxygen atoms in total. The Morgan fingerprint density at radius 3 is 2.39 bits per heavy atom. The maximum Gasteiger partial charge on any atom is 0.255 e. The number of benzene rings is 3. The molecule has 0 aliphatic carbocycles. The van der Waals surface area contributed by atoms with Crippen LogP contribution in [-0.2, 0) is 14.8 Å². The number of nitrogens with zero attached hydrogens (tertiary/aromatic N) is 2. The van der Waals surface area contributed by atoms with E-state index in [1.54, 1.807) is 35.0 Å². The van der Waals surface area contributed by atoms with Crippen molar-refractivity contribution in [3.8, 4) is 16.8 Å². The highest BCUT2D eigenvalue weighted by Gasteiger charge is 2.13. The number of carbonyl (C=O) groups excluding carboxylic acids is 1. The average molecular weight is 525 g/mol. The van der Waals surface area contributed by atoms with Gasteiger partial charge in [0.15, 0.2) is 0 Å². The van der Waals surface area contributed by atoms with E-state index >= 15 is 0 Å². The first-order chi connectivity index (χ1) is 18.1. The summed E-state index contributed by atoms with van der Waals surface area (Å²) in [4.78, 5) is 29.7. The van der Waals surface area contributed by atoms with Gasteiger partial charge >= 0.3 is 0 Å². The number of amides is 1. The molecule has 0 bridgehead atoms. The normalized spacial score (nSPS) is 11.4. The van der Waals surface area contributed by atoms with Crippen LogP contribution in [0.4, 0.5) is 11.4 Å². The van der Waals surface area contributed by atoms with Gasteiger partial charge in [-0.3, -0.25) is 23.9 Å². The predicted molar refractivity (Wildman–Crippen MR) is 152 cm³/mol. The van der Waals surface area contributed by atoms with Crippen molar-refractivity contribution in [1.82, 2.24) is 9.55 Å². The molecule has 0 radical (unpaired) electrons. The van der Waals surface area contributed by atoms with Gasteiger partial charge in [0.25, 0.3) is 5.56 Å². The van der Waals surface area contributed by atoms with E-state index in [1.165, 1.54) is 12.1 Å². The maximum absolute atomic E-state index is 13.2. The van der Waals surface area contributed by atoms with Crippen LogP contribution in [0.5, 0.6) is 0 Å². The van der Waals surface area contributed by atoms with Gasteiger partial charge in [0, 0.05) is 34.4 Å². The number of pyridine rings is 2. The van der Waals surface area contributed by atoms with Crippen LogP contribution >= 0.6 is 0 Å². The molecule has 0 spiro atoms. The Kier molecular flexibility index (Phi) is 6.30. The topological polar surface area (TPSA) is 110 Å². The van der Waals surface area contributed by atoms with Crippen LogP contribution in [0.2, 0.25) is 0 Å². The molecule has 0 saturated heterocycles. The van der Waals surface area contributed by atoms with Crippen LogP contribution in [0.25, 0.3) is 38.6 Å². The van der Waals surface area contributed by atoms with Crippen LogP contribution in [-0.4, -0.2) is 30.1 Å². The number of anilines is 2. The Hall–Kier alpha value is -4.76. The van der Waals surface area contributed by atoms with Crippen LogP contribution in [0.3, 0.4) is 0 Å². The molecule has 2 aromatic heterocycles. The van der Waals surface area contributed by atoms with Gasteiger partial charge in [-0.2, -0.15) is 0 Å². The molecule has 38 heavy (non-hydrogen) atoms. The number of carbonyl (C=O) groups is 1. The zero-order chi connectivity index (χ0) is 27.0. The molecular formula is C29H24N4O4S. The highest BCUT2D eigenvalue weighted by molar-refractivity contribution is 7.92. The lowest BCUT2D eigenvalue weighted by atomic mass is 10.0. The molecule has 0 aliphatic heterocycles. The van der Waals surface area contributed by atoms with E-state index in [-0.39, 0.29) is 11.5 Å². The van der Waals surface area contributed by atoms with E-state index in [1.807, 2.05) is 49.4 Å². The lowest BCUT2D eigenvalue weighted by molar-refractivity contribution is -0.111. The molecule has 0 fully saturated rings. The van der Waals surface area contributed by atoms with Gasteiger partial charge in [0.1, 0.15) is 0 Å². The Balaban J connectivity index is 1.65. The van der Waals surface area contributed by atoms with E-state index in [0.29, 0.717) is 28.1 Å². The molecule has 2 heterocycles. The zero-order valence-corrected chi connectivity index (χ0v) is 21.5. The lowest BCUT2D eigenvalue weighted by Gasteiger charge is -2.15. The van der Waals surface area contributed by atoms with Crippen molar-refractivity contribution < 1.29 is 13.2 Å². The maximum atomic E-state index is 13.2. The number of aromatic nitrogens is 2. The second-order valence-corrected chi connectivity index (χ2v) is 10.8. The fourth-order valence-corrected chi connectivity index (χ4v) is 5.01. The standard InChI is InChI=1S/C29H24N4O4S/c1-4-27(34)31-23-13-18(2)14-24(16-23)33-28(35)12-8-21-17-30-26-15-20(7-11-25(26)29(21)33)19-5-9-22(10-6-19)32-38(3,36)37/h4-17,32H,1H2,2-3H3,(H,31,34). The van der Waals surface area contributed by atoms with Gasteiger partial charge in [-0.25, -0.2) is 8.42 Å². The summed E-state index contributed by atoms with van der Waals surface area (Å²) in [5.41, 5.74) is 5.49. The van der Waals surface area contributed by atoms with Gasteiger partial charge in [0.05, 0.1) is 23.0 Å². The van der Waals surface area contributed by atoms with Crippen molar-refractivity contribution in [3.63, 3.8) is 0 Å². The Labute approximate surface area is 219 Å². The predicted octanol–water partition coefficient (Wildman–Crippen LogP) is 5.01. The van der Waals surface area contributed by atoms with E-state index < -0.39 is 10.0 Å². The van der Waals surface area contributed by atoms with Gasteiger partial charge in [-0.1, -0.05) is 30.8 Å². The Morgan fingerprint density at radius 2 is 1.68 bits per heavy atom. The number of fused-ring (bicyclic) bond motifs is 3. The molecule has 0 aliphatic rings. The van der Waals surface area contributed by atoms with Gasteiger partial charge in [-0.05, 0) is 72.2 Å². The minimum Gasteiger partial charge on any atom is -0.322 e. The van der Waals surface area contributed by atoms with Gasteiger partial charge in [0.2, 0.25) is 15.9 Å². The van der Waals surface area contributed by atoms with Crippen molar-refractivity contribution >= 4 is 49.1 Å². The summed E-state index contributed by atoms with van der Waals surface area (Å²) in [5.74, 6) is -0.339. The van der Waals surface area contributed by atoms with Gasteiger partial charge < -0.3 is 5.32 Å². The summed E-state index contributed by atoms with van der Waals surface area (Å²) in [6.07, 6.45) is 4.03. The summed E-state index contributed by atoms with van der Waals surface area (Å²) in [6.45, 7) is 5.39. The van der Waals surface area contributed by atoms with E-state index in [0.717, 1.165) is 33.7 Å². The number of sulfonamides is 1. The van der Waals surface area contributed by atoms with Crippen molar-refractivity contribution in [1.29, 1.82) is 0 Å². The second-order valence-electron chi connectivity index (χ2n) is 9.00. The molecule has 5 aromatic rings. The second kappa shape index (κ2) is 9.60. The Bertz CT molecular complexity index is 1910. The molecule has 1 amide bonds.